The predicted octanol–water partition coefficient (Wildman–Crippen LogP) is 5.94. The number of aliphatic hydroxyl groups is 1. The minimum atomic E-state index is -0.893. The fourth-order valence-corrected chi connectivity index (χ4v) is 6.93. The lowest BCUT2D eigenvalue weighted by molar-refractivity contribution is -0.156. The van der Waals surface area contributed by atoms with Gasteiger partial charge in [0.15, 0.2) is 0 Å². The molecule has 11 heteroatoms. The van der Waals surface area contributed by atoms with Gasteiger partial charge in [0.1, 0.15) is 12.1 Å². The zero-order chi connectivity index (χ0) is 35.3. The molecule has 0 saturated heterocycles. The van der Waals surface area contributed by atoms with E-state index in [2.05, 4.69) is 16.0 Å². The molecule has 3 aliphatic rings. The second kappa shape index (κ2) is 18.7. The number of thioether (sulfide) groups is 1. The maximum Gasteiger partial charge on any atom is 0.328 e. The van der Waals surface area contributed by atoms with Crippen molar-refractivity contribution < 1.29 is 33.8 Å². The summed E-state index contributed by atoms with van der Waals surface area (Å²) in [5.41, 5.74) is 3.65. The molecule has 0 spiro atoms. The van der Waals surface area contributed by atoms with Crippen LogP contribution < -0.4 is 16.0 Å². The summed E-state index contributed by atoms with van der Waals surface area (Å²) in [7, 11) is 1.54. The summed E-state index contributed by atoms with van der Waals surface area (Å²) >= 11 is 1.46. The fourth-order valence-electron chi connectivity index (χ4n) is 5.97. The van der Waals surface area contributed by atoms with Gasteiger partial charge >= 0.3 is 5.97 Å². The van der Waals surface area contributed by atoms with Crippen molar-refractivity contribution in [2.45, 2.75) is 101 Å². The highest BCUT2D eigenvalue weighted by molar-refractivity contribution is 8.00. The van der Waals surface area contributed by atoms with Gasteiger partial charge in [-0.25, -0.2) is 4.79 Å². The smallest absolute Gasteiger partial charge is 0.328 e. The Hall–Kier alpha value is -3.93. The lowest BCUT2D eigenvalue weighted by Gasteiger charge is -2.29. The van der Waals surface area contributed by atoms with E-state index in [4.69, 9.17) is 9.47 Å². The third-order valence-electron chi connectivity index (χ3n) is 8.91. The Labute approximate surface area is 293 Å². The van der Waals surface area contributed by atoms with Gasteiger partial charge in [-0.15, -0.1) is 11.8 Å². The molecule has 49 heavy (non-hydrogen) atoms. The molecule has 1 aromatic carbocycles. The molecule has 2 bridgehead atoms. The molecule has 4 rings (SSSR count). The van der Waals surface area contributed by atoms with Crippen LogP contribution >= 0.6 is 11.8 Å². The lowest BCUT2D eigenvalue weighted by atomic mass is 9.90. The van der Waals surface area contributed by atoms with Gasteiger partial charge in [0.2, 0.25) is 17.7 Å². The standard InChI is InChI=1S/C38H49N3O7S/c1-24-14-13-17-28-20-29(21-31-36(28)49-23-34(43)41-31)40-33(42)22-30(47-4)18-11-6-5-7-12-19-32(25(2)35(24)44)48-38(46)26(3)39-37(45)27-15-9-8-10-16-27/h5-7,11-12,14-15,18,20-21,25-26,30,32,35,44H,8-10,13,16-17,19,22-23H2,1-4H3,(H,39,45)(H,40,42)(H,41,43)/b6-5+,12-7+,18-11+,24-14-/t25-,26+,30-,32-,35-/m0/s1. The van der Waals surface area contributed by atoms with E-state index in [0.29, 0.717) is 48.4 Å². The topological polar surface area (TPSA) is 143 Å². The highest BCUT2D eigenvalue weighted by atomic mass is 32.2. The number of nitrogens with one attached hydrogen (secondary N) is 3. The van der Waals surface area contributed by atoms with Crippen LogP contribution in [0.4, 0.5) is 11.4 Å². The van der Waals surface area contributed by atoms with Crippen LogP contribution in [0.2, 0.25) is 0 Å². The van der Waals surface area contributed by atoms with Gasteiger partial charge in [0.05, 0.1) is 30.1 Å². The summed E-state index contributed by atoms with van der Waals surface area (Å²) in [4.78, 5) is 52.0. The number of aryl methyl sites for hydroxylation is 1. The Morgan fingerprint density at radius 2 is 1.82 bits per heavy atom. The van der Waals surface area contributed by atoms with Crippen molar-refractivity contribution in [3.05, 3.63) is 77.5 Å². The van der Waals surface area contributed by atoms with E-state index in [-0.39, 0.29) is 24.1 Å². The molecule has 1 aliphatic carbocycles. The van der Waals surface area contributed by atoms with E-state index in [1.54, 1.807) is 32.3 Å². The third kappa shape index (κ3) is 11.3. The first kappa shape index (κ1) is 37.9. The molecular formula is C38H49N3O7S. The van der Waals surface area contributed by atoms with Gasteiger partial charge in [-0.3, -0.25) is 14.4 Å². The van der Waals surface area contributed by atoms with Crippen molar-refractivity contribution in [1.29, 1.82) is 0 Å². The summed E-state index contributed by atoms with van der Waals surface area (Å²) in [6.45, 7) is 5.32. The number of carbonyl (C=O) groups excluding carboxylic acids is 4. The molecular weight excluding hydrogens is 642 g/mol. The average molecular weight is 692 g/mol. The van der Waals surface area contributed by atoms with Crippen molar-refractivity contribution in [2.24, 2.45) is 5.92 Å². The van der Waals surface area contributed by atoms with Crippen LogP contribution in [0.25, 0.3) is 0 Å². The Balaban J connectivity index is 1.56. The Bertz CT molecular complexity index is 1530. The van der Waals surface area contributed by atoms with Crippen LogP contribution in [0.15, 0.2) is 76.8 Å². The number of fused-ring (bicyclic) bond motifs is 4. The minimum Gasteiger partial charge on any atom is -0.460 e. The number of hydrogen-bond donors (Lipinski definition) is 4. The van der Waals surface area contributed by atoms with E-state index < -0.39 is 36.2 Å². The van der Waals surface area contributed by atoms with E-state index in [9.17, 15) is 24.3 Å². The number of amides is 3. The third-order valence-corrected chi connectivity index (χ3v) is 10.1. The molecule has 0 radical (unpaired) electrons. The fraction of sp³-hybridized carbons (Fsp3) is 0.474. The number of esters is 1. The van der Waals surface area contributed by atoms with E-state index in [1.165, 1.54) is 11.8 Å². The molecule has 5 atom stereocenters. The number of anilines is 2. The van der Waals surface area contributed by atoms with Gasteiger partial charge in [-0.1, -0.05) is 55.5 Å². The molecule has 0 saturated carbocycles. The molecule has 3 amide bonds. The van der Waals surface area contributed by atoms with Gasteiger partial charge in [0.25, 0.3) is 0 Å². The van der Waals surface area contributed by atoms with Gasteiger partial charge in [-0.2, -0.15) is 0 Å². The van der Waals surface area contributed by atoms with Crippen molar-refractivity contribution in [1.82, 2.24) is 5.32 Å². The molecule has 4 N–H and O–H groups in total. The number of carbonyl (C=O) groups is 4. The van der Waals surface area contributed by atoms with Crippen molar-refractivity contribution in [2.75, 3.05) is 23.5 Å². The summed E-state index contributed by atoms with van der Waals surface area (Å²) in [5.74, 6) is -1.27. The number of benzene rings is 1. The van der Waals surface area contributed by atoms with Crippen molar-refractivity contribution in [3.8, 4) is 0 Å². The van der Waals surface area contributed by atoms with Crippen molar-refractivity contribution in [3.63, 3.8) is 0 Å². The molecule has 1 aromatic rings. The number of allylic oxidation sites excluding steroid dienone is 6. The van der Waals surface area contributed by atoms with Crippen LogP contribution in [0.5, 0.6) is 0 Å². The summed E-state index contributed by atoms with van der Waals surface area (Å²) in [6, 6.07) is 2.85. The molecule has 10 nitrogen and oxygen atoms in total. The number of rotatable bonds is 5. The molecule has 0 fully saturated rings. The number of ether oxygens (including phenoxy) is 2. The van der Waals surface area contributed by atoms with Crippen LogP contribution in [0, 0.1) is 5.92 Å². The molecule has 2 heterocycles. The number of hydrogen-bond acceptors (Lipinski definition) is 8. The van der Waals surface area contributed by atoms with E-state index >= 15 is 0 Å². The van der Waals surface area contributed by atoms with Crippen LogP contribution in [0.1, 0.15) is 71.3 Å². The van der Waals surface area contributed by atoms with Crippen LogP contribution in [-0.4, -0.2) is 66.0 Å². The first-order chi connectivity index (χ1) is 23.5. The van der Waals surface area contributed by atoms with E-state index in [0.717, 1.165) is 35.3 Å². The Morgan fingerprint density at radius 1 is 1.02 bits per heavy atom. The quantitative estimate of drug-likeness (QED) is 0.220. The molecule has 2 aliphatic heterocycles. The molecule has 0 aromatic heterocycles. The zero-order valence-corrected chi connectivity index (χ0v) is 29.6. The van der Waals surface area contributed by atoms with Crippen LogP contribution in [-0.2, 0) is 35.1 Å². The first-order valence-electron chi connectivity index (χ1n) is 17.0. The average Bonchev–Trinajstić information content (AvgIpc) is 3.08. The number of methoxy groups -OCH3 is 1. The maximum atomic E-state index is 13.2. The van der Waals surface area contributed by atoms with Crippen LogP contribution in [0.3, 0.4) is 0 Å². The second-order valence-electron chi connectivity index (χ2n) is 12.7. The molecule has 0 unspecified atom stereocenters. The highest BCUT2D eigenvalue weighted by Crippen LogP contribution is 2.38. The Kier molecular flexibility index (Phi) is 14.5. The van der Waals surface area contributed by atoms with E-state index in [1.807, 2.05) is 56.4 Å². The normalized spacial score (nSPS) is 27.6. The monoisotopic (exact) mass is 691 g/mol. The zero-order valence-electron chi connectivity index (χ0n) is 28.8. The Morgan fingerprint density at radius 3 is 2.57 bits per heavy atom. The van der Waals surface area contributed by atoms with Gasteiger partial charge in [0, 0.05) is 35.6 Å². The number of aliphatic hydroxyl groups excluding tert-OH is 1. The summed E-state index contributed by atoms with van der Waals surface area (Å²) in [6.07, 6.45) is 18.0. The lowest BCUT2D eigenvalue weighted by Crippen LogP contribution is -2.43. The largest absolute Gasteiger partial charge is 0.460 e. The SMILES string of the molecule is CO[C@H]1/C=C/C=C/C=C/C[C@H](OC(=O)[C@@H](C)NC(=O)C2=CCCCC2)[C@H](C)[C@@H](O)/C(C)=C\CCc2cc(cc3c2SCC(=O)N3)NC(=O)C1. The van der Waals surface area contributed by atoms with Gasteiger partial charge in [-0.05, 0) is 75.6 Å². The molecule has 264 valence electrons. The summed E-state index contributed by atoms with van der Waals surface area (Å²) < 4.78 is 11.5. The summed E-state index contributed by atoms with van der Waals surface area (Å²) in [5, 5.41) is 20.1. The van der Waals surface area contributed by atoms with Crippen molar-refractivity contribution >= 4 is 46.8 Å². The minimum absolute atomic E-state index is 0.0992. The highest BCUT2D eigenvalue weighted by Gasteiger charge is 2.30. The predicted molar refractivity (Wildman–Crippen MR) is 193 cm³/mol. The van der Waals surface area contributed by atoms with Gasteiger partial charge < -0.3 is 30.5 Å². The maximum absolute atomic E-state index is 13.2. The first-order valence-corrected chi connectivity index (χ1v) is 18.0. The second-order valence-corrected chi connectivity index (χ2v) is 13.7.